The van der Waals surface area contributed by atoms with Crippen LogP contribution in [0.3, 0.4) is 0 Å². The Kier molecular flexibility index (Phi) is 6.46. The van der Waals surface area contributed by atoms with Gasteiger partial charge in [0, 0.05) is 35.6 Å². The van der Waals surface area contributed by atoms with E-state index in [1.54, 1.807) is 7.11 Å². The summed E-state index contributed by atoms with van der Waals surface area (Å²) in [4.78, 5) is 7.13. The zero-order chi connectivity index (χ0) is 21.0. The summed E-state index contributed by atoms with van der Waals surface area (Å²) in [6.07, 6.45) is 7.85. The largest absolute Gasteiger partial charge is 0.496 e. The molecule has 0 N–H and O–H groups in total. The van der Waals surface area contributed by atoms with E-state index in [4.69, 9.17) is 9.73 Å². The van der Waals surface area contributed by atoms with Crippen LogP contribution in [-0.2, 0) is 6.42 Å². The molecule has 0 saturated carbocycles. The van der Waals surface area contributed by atoms with Gasteiger partial charge in [0.1, 0.15) is 5.75 Å². The number of hydrogen-bond acceptors (Lipinski definition) is 3. The molecule has 0 saturated heterocycles. The minimum absolute atomic E-state index is 0.00796. The number of methoxy groups -OCH3 is 1. The second-order valence-corrected chi connectivity index (χ2v) is 8.36. The van der Waals surface area contributed by atoms with Crippen LogP contribution < -0.4 is 9.64 Å². The molecule has 1 aliphatic heterocycles. The topological polar surface area (TPSA) is 24.8 Å². The van der Waals surface area contributed by atoms with Crippen LogP contribution in [0.2, 0.25) is 0 Å². The van der Waals surface area contributed by atoms with Crippen molar-refractivity contribution in [1.82, 2.24) is 0 Å². The highest BCUT2D eigenvalue weighted by atomic mass is 16.5. The van der Waals surface area contributed by atoms with Crippen molar-refractivity contribution in [3.63, 3.8) is 0 Å². The number of allylic oxidation sites excluding steroid dienone is 1. The van der Waals surface area contributed by atoms with Crippen molar-refractivity contribution in [2.45, 2.75) is 59.4 Å². The fraction of sp³-hybridized carbons (Fsp3) is 0.423. The third-order valence-electron chi connectivity index (χ3n) is 5.75. The Bertz CT molecular complexity index is 907. The average molecular weight is 391 g/mol. The zero-order valence-electron chi connectivity index (χ0n) is 18.7. The number of fused-ring (bicyclic) bond motifs is 1. The molecule has 0 unspecified atom stereocenters. The molecule has 3 rings (SSSR count). The first-order chi connectivity index (χ1) is 13.9. The highest BCUT2D eigenvalue weighted by Crippen LogP contribution is 2.41. The maximum absolute atomic E-state index is 5.72. The molecule has 0 spiro atoms. The lowest BCUT2D eigenvalue weighted by atomic mass is 9.88. The molecule has 0 fully saturated rings. The standard InChI is InChI=1S/C26H34N2O/c1-7-9-10-20-11-13-22(14-12-20)27-18-21-15-23-19(3)17-26(4,5)28(8-2)24(23)16-25(21)29-6/h11-18H,7-10H2,1-6H3. The zero-order valence-corrected chi connectivity index (χ0v) is 18.7. The summed E-state index contributed by atoms with van der Waals surface area (Å²) in [5.74, 6) is 0.857. The first-order valence-electron chi connectivity index (χ1n) is 10.7. The lowest BCUT2D eigenvalue weighted by molar-refractivity contribution is 0.413. The molecule has 154 valence electrons. The molecular weight excluding hydrogens is 356 g/mol. The summed E-state index contributed by atoms with van der Waals surface area (Å²) in [6, 6.07) is 12.9. The Hall–Kier alpha value is -2.55. The molecule has 0 atom stereocenters. The van der Waals surface area contributed by atoms with E-state index in [1.165, 1.54) is 35.2 Å². The number of benzene rings is 2. The predicted molar refractivity (Wildman–Crippen MR) is 126 cm³/mol. The van der Waals surface area contributed by atoms with E-state index >= 15 is 0 Å². The van der Waals surface area contributed by atoms with Gasteiger partial charge in [0.2, 0.25) is 0 Å². The lowest BCUT2D eigenvalue weighted by Crippen LogP contribution is -2.44. The van der Waals surface area contributed by atoms with Gasteiger partial charge in [-0.2, -0.15) is 0 Å². The molecule has 3 heteroatoms. The second-order valence-electron chi connectivity index (χ2n) is 8.36. The number of nitrogens with zero attached hydrogens (tertiary/aromatic N) is 2. The van der Waals surface area contributed by atoms with Crippen LogP contribution in [0, 0.1) is 0 Å². The van der Waals surface area contributed by atoms with Crippen molar-refractivity contribution in [2.75, 3.05) is 18.6 Å². The van der Waals surface area contributed by atoms with Crippen LogP contribution in [0.5, 0.6) is 5.75 Å². The molecule has 0 radical (unpaired) electrons. The first-order valence-corrected chi connectivity index (χ1v) is 10.7. The van der Waals surface area contributed by atoms with Gasteiger partial charge in [0.25, 0.3) is 0 Å². The van der Waals surface area contributed by atoms with Crippen LogP contribution in [0.25, 0.3) is 5.57 Å². The fourth-order valence-electron chi connectivity index (χ4n) is 4.25. The van der Waals surface area contributed by atoms with Crippen molar-refractivity contribution in [1.29, 1.82) is 0 Å². The monoisotopic (exact) mass is 390 g/mol. The lowest BCUT2D eigenvalue weighted by Gasteiger charge is -2.43. The first kappa shape index (κ1) is 21.2. The van der Waals surface area contributed by atoms with Crippen LogP contribution in [-0.4, -0.2) is 25.4 Å². The van der Waals surface area contributed by atoms with Gasteiger partial charge in [-0.25, -0.2) is 0 Å². The third kappa shape index (κ3) is 4.55. The molecule has 29 heavy (non-hydrogen) atoms. The number of rotatable bonds is 7. The van der Waals surface area contributed by atoms with E-state index in [9.17, 15) is 0 Å². The summed E-state index contributed by atoms with van der Waals surface area (Å²) < 4.78 is 5.72. The van der Waals surface area contributed by atoms with E-state index in [-0.39, 0.29) is 5.54 Å². The normalized spacial score (nSPS) is 15.4. The predicted octanol–water partition coefficient (Wildman–Crippen LogP) is 6.81. The van der Waals surface area contributed by atoms with Gasteiger partial charge < -0.3 is 9.64 Å². The number of ether oxygens (including phenoxy) is 1. The van der Waals surface area contributed by atoms with E-state index in [0.717, 1.165) is 30.0 Å². The van der Waals surface area contributed by atoms with Gasteiger partial charge in [-0.05, 0) is 69.9 Å². The third-order valence-corrected chi connectivity index (χ3v) is 5.75. The van der Waals surface area contributed by atoms with Crippen LogP contribution in [0.15, 0.2) is 47.5 Å². The molecule has 0 aromatic heterocycles. The molecule has 0 amide bonds. The number of likely N-dealkylation sites (N-methyl/N-ethyl adjacent to an activating group) is 1. The van der Waals surface area contributed by atoms with E-state index < -0.39 is 0 Å². The number of aryl methyl sites for hydroxylation is 1. The Morgan fingerprint density at radius 2 is 1.83 bits per heavy atom. The summed E-state index contributed by atoms with van der Waals surface area (Å²) >= 11 is 0. The Morgan fingerprint density at radius 3 is 2.45 bits per heavy atom. The number of hydrogen-bond donors (Lipinski definition) is 0. The maximum Gasteiger partial charge on any atom is 0.129 e. The SMILES string of the molecule is CCCCc1ccc(N=Cc2cc3c(cc2OC)N(CC)C(C)(C)C=C3C)cc1. The fourth-order valence-corrected chi connectivity index (χ4v) is 4.25. The van der Waals surface area contributed by atoms with Gasteiger partial charge in [-0.1, -0.05) is 31.6 Å². The van der Waals surface area contributed by atoms with E-state index in [2.05, 4.69) is 82.0 Å². The molecule has 2 aromatic carbocycles. The molecule has 0 bridgehead atoms. The molecule has 1 aliphatic rings. The Morgan fingerprint density at radius 1 is 1.10 bits per heavy atom. The molecule has 3 nitrogen and oxygen atoms in total. The summed E-state index contributed by atoms with van der Waals surface area (Å²) in [5, 5.41) is 0. The number of unbranched alkanes of at least 4 members (excludes halogenated alkanes) is 1. The maximum atomic E-state index is 5.72. The van der Waals surface area contributed by atoms with Crippen LogP contribution in [0.1, 0.15) is 64.2 Å². The van der Waals surface area contributed by atoms with Crippen molar-refractivity contribution in [3.8, 4) is 5.75 Å². The average Bonchev–Trinajstić information content (AvgIpc) is 2.70. The highest BCUT2D eigenvalue weighted by Gasteiger charge is 2.31. The Balaban J connectivity index is 1.93. The summed E-state index contributed by atoms with van der Waals surface area (Å²) in [6.45, 7) is 12.1. The quantitative estimate of drug-likeness (QED) is 0.485. The van der Waals surface area contributed by atoms with E-state index in [0.29, 0.717) is 0 Å². The molecule has 2 aromatic rings. The summed E-state index contributed by atoms with van der Waals surface area (Å²) in [5.41, 5.74) is 7.12. The number of aliphatic imine (C=N–C) groups is 1. The van der Waals surface area contributed by atoms with Crippen molar-refractivity contribution in [2.24, 2.45) is 4.99 Å². The van der Waals surface area contributed by atoms with E-state index in [1.807, 2.05) is 6.21 Å². The van der Waals surface area contributed by atoms with Crippen LogP contribution >= 0.6 is 0 Å². The van der Waals surface area contributed by atoms with Crippen molar-refractivity contribution in [3.05, 3.63) is 59.2 Å². The highest BCUT2D eigenvalue weighted by molar-refractivity contribution is 5.92. The minimum atomic E-state index is -0.00796. The van der Waals surface area contributed by atoms with Crippen molar-refractivity contribution >= 4 is 23.2 Å². The molecule has 1 heterocycles. The minimum Gasteiger partial charge on any atom is -0.496 e. The smallest absolute Gasteiger partial charge is 0.129 e. The van der Waals surface area contributed by atoms with Gasteiger partial charge >= 0.3 is 0 Å². The van der Waals surface area contributed by atoms with Gasteiger partial charge in [0.15, 0.2) is 0 Å². The van der Waals surface area contributed by atoms with Gasteiger partial charge in [-0.3, -0.25) is 4.99 Å². The molecule has 0 aliphatic carbocycles. The van der Waals surface area contributed by atoms with Crippen molar-refractivity contribution < 1.29 is 4.74 Å². The van der Waals surface area contributed by atoms with Crippen LogP contribution in [0.4, 0.5) is 11.4 Å². The number of anilines is 1. The van der Waals surface area contributed by atoms with Gasteiger partial charge in [0.05, 0.1) is 18.3 Å². The second kappa shape index (κ2) is 8.86. The molecular formula is C26H34N2O. The summed E-state index contributed by atoms with van der Waals surface area (Å²) in [7, 11) is 1.73. The Labute approximate surface area is 176 Å². The van der Waals surface area contributed by atoms with Gasteiger partial charge in [-0.15, -0.1) is 0 Å².